The number of amides is 1. The highest BCUT2D eigenvalue weighted by molar-refractivity contribution is 6.17. The van der Waals surface area contributed by atoms with E-state index in [1.54, 1.807) is 0 Å². The first-order valence-corrected chi connectivity index (χ1v) is 15.3. The Balaban J connectivity index is 1.90. The van der Waals surface area contributed by atoms with Crippen LogP contribution in [0.25, 0.3) is 0 Å². The number of hydrogen-bond acceptors (Lipinski definition) is 2. The minimum absolute atomic E-state index is 0.142. The topological polar surface area (TPSA) is 38.3 Å². The van der Waals surface area contributed by atoms with Crippen molar-refractivity contribution in [1.82, 2.24) is 5.32 Å². The maximum atomic E-state index is 12.2. The van der Waals surface area contributed by atoms with E-state index in [-0.39, 0.29) is 5.91 Å². The fourth-order valence-corrected chi connectivity index (χ4v) is 4.66. The monoisotopic (exact) mass is 507 g/mol. The van der Waals surface area contributed by atoms with Gasteiger partial charge < -0.3 is 10.1 Å². The van der Waals surface area contributed by atoms with Gasteiger partial charge in [-0.1, -0.05) is 121 Å². The van der Waals surface area contributed by atoms with Crippen LogP contribution < -0.4 is 10.1 Å². The van der Waals surface area contributed by atoms with E-state index in [4.69, 9.17) is 16.3 Å². The van der Waals surface area contributed by atoms with Gasteiger partial charge in [0.05, 0.1) is 6.61 Å². The average Bonchev–Trinajstić information content (AvgIpc) is 2.87. The van der Waals surface area contributed by atoms with Gasteiger partial charge in [-0.3, -0.25) is 4.79 Å². The van der Waals surface area contributed by atoms with E-state index in [0.717, 1.165) is 43.5 Å². The number of aryl methyl sites for hydroxylation is 1. The van der Waals surface area contributed by atoms with E-state index in [2.05, 4.69) is 18.3 Å². The molecule has 202 valence electrons. The Labute approximate surface area is 222 Å². The lowest BCUT2D eigenvalue weighted by Crippen LogP contribution is -2.24. The largest absolute Gasteiger partial charge is 0.493 e. The van der Waals surface area contributed by atoms with E-state index in [1.807, 2.05) is 18.2 Å². The number of unbranched alkanes of at least 4 members (excludes halogenated alkanes) is 16. The molecule has 1 amide bonds. The van der Waals surface area contributed by atoms with Crippen LogP contribution in [0.15, 0.2) is 24.3 Å². The van der Waals surface area contributed by atoms with Gasteiger partial charge in [0.1, 0.15) is 5.75 Å². The lowest BCUT2D eigenvalue weighted by molar-refractivity contribution is -0.121. The second-order valence-electron chi connectivity index (χ2n) is 10.0. The fourth-order valence-electron chi connectivity index (χ4n) is 4.47. The van der Waals surface area contributed by atoms with Gasteiger partial charge in [-0.25, -0.2) is 0 Å². The predicted molar refractivity (Wildman–Crippen MR) is 153 cm³/mol. The van der Waals surface area contributed by atoms with E-state index >= 15 is 0 Å². The fraction of sp³-hybridized carbons (Fsp3) is 0.774. The summed E-state index contributed by atoms with van der Waals surface area (Å²) in [6, 6.07) is 8.04. The Morgan fingerprint density at radius 2 is 1.29 bits per heavy atom. The number of alkyl halides is 1. The molecule has 3 nitrogen and oxygen atoms in total. The summed E-state index contributed by atoms with van der Waals surface area (Å²) >= 11 is 5.73. The zero-order valence-electron chi connectivity index (χ0n) is 22.8. The van der Waals surface area contributed by atoms with Crippen LogP contribution >= 0.6 is 11.6 Å². The molecule has 0 saturated carbocycles. The summed E-state index contributed by atoms with van der Waals surface area (Å²) in [4.78, 5) is 12.2. The molecule has 0 saturated heterocycles. The van der Waals surface area contributed by atoms with Gasteiger partial charge in [0.25, 0.3) is 0 Å². The van der Waals surface area contributed by atoms with Gasteiger partial charge in [0.2, 0.25) is 5.91 Å². The molecule has 0 bridgehead atoms. The number of rotatable bonds is 25. The first kappa shape index (κ1) is 31.8. The van der Waals surface area contributed by atoms with Crippen LogP contribution in [0.2, 0.25) is 0 Å². The van der Waals surface area contributed by atoms with Gasteiger partial charge in [0.15, 0.2) is 0 Å². The second-order valence-corrected chi connectivity index (χ2v) is 10.4. The van der Waals surface area contributed by atoms with Crippen molar-refractivity contribution < 1.29 is 9.53 Å². The Bertz CT molecular complexity index is 607. The highest BCUT2D eigenvalue weighted by atomic mass is 35.5. The molecular formula is C31H54ClNO2. The summed E-state index contributed by atoms with van der Waals surface area (Å²) in [5.74, 6) is 1.71. The van der Waals surface area contributed by atoms with Crippen LogP contribution in [0.3, 0.4) is 0 Å². The predicted octanol–water partition coefficient (Wildman–Crippen LogP) is 9.39. The molecule has 1 aromatic carbocycles. The van der Waals surface area contributed by atoms with Crippen molar-refractivity contribution in [3.63, 3.8) is 0 Å². The van der Waals surface area contributed by atoms with Crippen molar-refractivity contribution in [3.8, 4) is 5.75 Å². The second kappa shape index (κ2) is 24.5. The molecular weight excluding hydrogens is 454 g/mol. The molecule has 0 aromatic heterocycles. The number of halogens is 1. The smallest absolute Gasteiger partial charge is 0.220 e. The highest BCUT2D eigenvalue weighted by Gasteiger charge is 2.07. The van der Waals surface area contributed by atoms with E-state index < -0.39 is 0 Å². The van der Waals surface area contributed by atoms with Gasteiger partial charge in [-0.05, 0) is 37.3 Å². The molecule has 0 unspecified atom stereocenters. The minimum atomic E-state index is 0.142. The number of nitrogens with one attached hydrogen (secondary N) is 1. The van der Waals surface area contributed by atoms with Crippen LogP contribution in [-0.2, 0) is 11.2 Å². The molecule has 35 heavy (non-hydrogen) atoms. The number of para-hydroxylation sites is 1. The molecule has 1 aromatic rings. The molecule has 1 rings (SSSR count). The standard InChI is InChI=1S/C31H54ClNO2/c1-2-3-4-5-6-7-8-9-10-11-12-13-14-15-16-20-27-33-31(34)25-24-29-22-17-18-23-30(29)35-28-21-19-26-32/h17-18,22-23H,2-16,19-21,24-28H2,1H3,(H,33,34). The summed E-state index contributed by atoms with van der Waals surface area (Å²) in [5, 5.41) is 3.09. The van der Waals surface area contributed by atoms with Crippen LogP contribution in [0.5, 0.6) is 5.75 Å². The van der Waals surface area contributed by atoms with Crippen LogP contribution in [-0.4, -0.2) is 24.9 Å². The van der Waals surface area contributed by atoms with Crippen molar-refractivity contribution in [2.75, 3.05) is 19.0 Å². The van der Waals surface area contributed by atoms with Crippen LogP contribution in [0, 0.1) is 0 Å². The van der Waals surface area contributed by atoms with Gasteiger partial charge in [0, 0.05) is 18.8 Å². The lowest BCUT2D eigenvalue weighted by atomic mass is 10.0. The molecule has 0 aliphatic carbocycles. The summed E-state index contributed by atoms with van der Waals surface area (Å²) < 4.78 is 5.88. The summed E-state index contributed by atoms with van der Waals surface area (Å²) in [5.41, 5.74) is 1.11. The molecule has 0 fully saturated rings. The summed E-state index contributed by atoms with van der Waals surface area (Å²) in [7, 11) is 0. The van der Waals surface area contributed by atoms with Crippen LogP contribution in [0.4, 0.5) is 0 Å². The summed E-state index contributed by atoms with van der Waals surface area (Å²) in [6.45, 7) is 3.76. The van der Waals surface area contributed by atoms with Crippen LogP contribution in [0.1, 0.15) is 134 Å². The molecule has 0 heterocycles. The zero-order chi connectivity index (χ0) is 25.2. The molecule has 0 aliphatic heterocycles. The van der Waals surface area contributed by atoms with Gasteiger partial charge in [-0.2, -0.15) is 0 Å². The molecule has 0 spiro atoms. The maximum absolute atomic E-state index is 12.2. The third-order valence-electron chi connectivity index (χ3n) is 6.73. The van der Waals surface area contributed by atoms with Crippen molar-refractivity contribution in [2.45, 2.75) is 135 Å². The Morgan fingerprint density at radius 1 is 0.743 bits per heavy atom. The minimum Gasteiger partial charge on any atom is -0.493 e. The lowest BCUT2D eigenvalue weighted by Gasteiger charge is -2.11. The number of ether oxygens (including phenoxy) is 1. The molecule has 0 aliphatic rings. The third-order valence-corrected chi connectivity index (χ3v) is 7.00. The normalized spacial score (nSPS) is 11.0. The highest BCUT2D eigenvalue weighted by Crippen LogP contribution is 2.20. The number of hydrogen-bond donors (Lipinski definition) is 1. The van der Waals surface area contributed by atoms with E-state index in [1.165, 1.54) is 96.3 Å². The number of carbonyl (C=O) groups is 1. The Morgan fingerprint density at radius 3 is 1.86 bits per heavy atom. The van der Waals surface area contributed by atoms with Gasteiger partial charge in [-0.15, -0.1) is 11.6 Å². The quantitative estimate of drug-likeness (QED) is 0.106. The van der Waals surface area contributed by atoms with Crippen molar-refractivity contribution in [2.24, 2.45) is 0 Å². The zero-order valence-corrected chi connectivity index (χ0v) is 23.5. The van der Waals surface area contributed by atoms with Crippen molar-refractivity contribution >= 4 is 17.5 Å². The third kappa shape index (κ3) is 19.6. The van der Waals surface area contributed by atoms with E-state index in [0.29, 0.717) is 18.9 Å². The molecule has 1 N–H and O–H groups in total. The first-order chi connectivity index (χ1) is 17.3. The Kier molecular flexibility index (Phi) is 22.2. The molecule has 0 atom stereocenters. The molecule has 4 heteroatoms. The summed E-state index contributed by atoms with van der Waals surface area (Å²) in [6.07, 6.45) is 25.1. The number of carbonyl (C=O) groups excluding carboxylic acids is 1. The number of benzene rings is 1. The SMILES string of the molecule is CCCCCCCCCCCCCCCCCCNC(=O)CCc1ccccc1OCCCCCl. The Hall–Kier alpha value is -1.22. The van der Waals surface area contributed by atoms with Crippen molar-refractivity contribution in [3.05, 3.63) is 29.8 Å². The van der Waals surface area contributed by atoms with Crippen molar-refractivity contribution in [1.29, 1.82) is 0 Å². The average molecular weight is 508 g/mol. The van der Waals surface area contributed by atoms with Gasteiger partial charge >= 0.3 is 0 Å². The molecule has 0 radical (unpaired) electrons. The maximum Gasteiger partial charge on any atom is 0.220 e. The first-order valence-electron chi connectivity index (χ1n) is 14.8. The van der Waals surface area contributed by atoms with E-state index in [9.17, 15) is 4.79 Å².